The van der Waals surface area contributed by atoms with Gasteiger partial charge in [0.2, 0.25) is 0 Å². The van der Waals surface area contributed by atoms with Gasteiger partial charge in [0.05, 0.1) is 0 Å². The summed E-state index contributed by atoms with van der Waals surface area (Å²) >= 11 is 0. The Morgan fingerprint density at radius 1 is 1.14 bits per heavy atom. The minimum Gasteiger partial charge on any atom is -0.461 e. The lowest BCUT2D eigenvalue weighted by Crippen LogP contribution is -2.44. The number of esters is 1. The largest absolute Gasteiger partial charge is 0.461 e. The lowest BCUT2D eigenvalue weighted by Gasteiger charge is -2.40. The van der Waals surface area contributed by atoms with E-state index in [-0.39, 0.29) is 12.1 Å². The van der Waals surface area contributed by atoms with Crippen molar-refractivity contribution in [3.63, 3.8) is 0 Å². The van der Waals surface area contributed by atoms with Gasteiger partial charge in [0.1, 0.15) is 6.10 Å². The summed E-state index contributed by atoms with van der Waals surface area (Å²) < 4.78 is 5.36. The molecule has 1 spiro atoms. The molecular formula is C18H23NO2. The normalized spacial score (nSPS) is 27.8. The molecule has 2 heterocycles. The Bertz CT molecular complexity index is 546. The van der Waals surface area contributed by atoms with Crippen LogP contribution in [0.25, 0.3) is 0 Å². The standard InChI is InChI=1S/C18H23NO2/c20-17-6-5-15(21-17)13-19-11-9-18(10-12-19)8-7-14-3-1-2-4-16(14)18/h1-4,15H,5-13H2. The second-order valence-electron chi connectivity index (χ2n) is 6.89. The predicted molar refractivity (Wildman–Crippen MR) is 81.2 cm³/mol. The van der Waals surface area contributed by atoms with E-state index in [4.69, 9.17) is 4.74 Å². The van der Waals surface area contributed by atoms with Gasteiger partial charge in [-0.3, -0.25) is 9.69 Å². The monoisotopic (exact) mass is 285 g/mol. The molecule has 0 amide bonds. The Morgan fingerprint density at radius 2 is 1.95 bits per heavy atom. The number of fused-ring (bicyclic) bond motifs is 2. The molecule has 3 nitrogen and oxygen atoms in total. The lowest BCUT2D eigenvalue weighted by atomic mass is 9.74. The first-order valence-electron chi connectivity index (χ1n) is 8.25. The molecule has 3 heteroatoms. The third-order valence-electron chi connectivity index (χ3n) is 5.71. The van der Waals surface area contributed by atoms with Gasteiger partial charge >= 0.3 is 5.97 Å². The second kappa shape index (κ2) is 5.13. The van der Waals surface area contributed by atoms with Crippen molar-refractivity contribution in [2.45, 2.75) is 50.0 Å². The Labute approximate surface area is 126 Å². The van der Waals surface area contributed by atoms with E-state index in [0.29, 0.717) is 11.8 Å². The zero-order chi connectivity index (χ0) is 14.3. The van der Waals surface area contributed by atoms with Gasteiger partial charge in [-0.25, -0.2) is 0 Å². The first kappa shape index (κ1) is 13.3. The molecule has 1 atom stereocenters. The van der Waals surface area contributed by atoms with E-state index in [0.717, 1.165) is 26.1 Å². The van der Waals surface area contributed by atoms with E-state index >= 15 is 0 Å². The van der Waals surface area contributed by atoms with E-state index in [1.807, 2.05) is 0 Å². The van der Waals surface area contributed by atoms with Crippen LogP contribution in [0.4, 0.5) is 0 Å². The van der Waals surface area contributed by atoms with E-state index in [2.05, 4.69) is 29.2 Å². The third kappa shape index (κ3) is 2.38. The average molecular weight is 285 g/mol. The number of hydrogen-bond donors (Lipinski definition) is 0. The Morgan fingerprint density at radius 3 is 2.71 bits per heavy atom. The molecule has 2 saturated heterocycles. The average Bonchev–Trinajstić information content (AvgIpc) is 3.07. The number of aryl methyl sites for hydroxylation is 1. The fourth-order valence-electron chi connectivity index (χ4n) is 4.45. The van der Waals surface area contributed by atoms with Crippen LogP contribution in [-0.4, -0.2) is 36.6 Å². The van der Waals surface area contributed by atoms with Crippen molar-refractivity contribution in [2.24, 2.45) is 0 Å². The Balaban J connectivity index is 1.40. The molecule has 3 aliphatic rings. The van der Waals surface area contributed by atoms with Crippen LogP contribution in [0.5, 0.6) is 0 Å². The van der Waals surface area contributed by atoms with E-state index in [9.17, 15) is 4.79 Å². The van der Waals surface area contributed by atoms with Crippen LogP contribution in [0.2, 0.25) is 0 Å². The number of rotatable bonds is 2. The fourth-order valence-corrected chi connectivity index (χ4v) is 4.45. The highest BCUT2D eigenvalue weighted by Gasteiger charge is 2.41. The van der Waals surface area contributed by atoms with Crippen LogP contribution in [0.3, 0.4) is 0 Å². The molecular weight excluding hydrogens is 262 g/mol. The van der Waals surface area contributed by atoms with Gasteiger partial charge in [-0.2, -0.15) is 0 Å². The quantitative estimate of drug-likeness (QED) is 0.782. The number of cyclic esters (lactones) is 1. The van der Waals surface area contributed by atoms with Gasteiger partial charge in [-0.05, 0) is 61.7 Å². The van der Waals surface area contributed by atoms with Gasteiger partial charge in [0.15, 0.2) is 0 Å². The molecule has 21 heavy (non-hydrogen) atoms. The summed E-state index contributed by atoms with van der Waals surface area (Å²) in [6, 6.07) is 9.00. The molecule has 2 aliphatic heterocycles. The van der Waals surface area contributed by atoms with Crippen molar-refractivity contribution >= 4 is 5.97 Å². The van der Waals surface area contributed by atoms with Crippen LogP contribution < -0.4 is 0 Å². The third-order valence-corrected chi connectivity index (χ3v) is 5.71. The van der Waals surface area contributed by atoms with Crippen LogP contribution in [0.15, 0.2) is 24.3 Å². The number of ether oxygens (including phenoxy) is 1. The number of piperidine rings is 1. The first-order chi connectivity index (χ1) is 10.3. The molecule has 1 unspecified atom stereocenters. The van der Waals surface area contributed by atoms with Crippen LogP contribution >= 0.6 is 0 Å². The lowest BCUT2D eigenvalue weighted by molar-refractivity contribution is -0.142. The summed E-state index contributed by atoms with van der Waals surface area (Å²) in [5.74, 6) is -0.0156. The number of carbonyl (C=O) groups is 1. The zero-order valence-electron chi connectivity index (χ0n) is 12.5. The van der Waals surface area contributed by atoms with E-state index < -0.39 is 0 Å². The highest BCUT2D eigenvalue weighted by molar-refractivity contribution is 5.71. The molecule has 0 radical (unpaired) electrons. The minimum absolute atomic E-state index is 0.0156. The molecule has 2 fully saturated rings. The van der Waals surface area contributed by atoms with Gasteiger partial charge in [-0.1, -0.05) is 24.3 Å². The minimum atomic E-state index is -0.0156. The Kier molecular flexibility index (Phi) is 3.26. The molecule has 0 bridgehead atoms. The summed E-state index contributed by atoms with van der Waals surface area (Å²) in [5, 5.41) is 0. The maximum Gasteiger partial charge on any atom is 0.306 e. The SMILES string of the molecule is O=C1CCC(CN2CCC3(CCc4ccccc43)CC2)O1. The number of benzene rings is 1. The summed E-state index contributed by atoms with van der Waals surface area (Å²) in [6.07, 6.45) is 6.73. The van der Waals surface area contributed by atoms with Gasteiger partial charge in [0, 0.05) is 13.0 Å². The number of carbonyl (C=O) groups excluding carboxylic acids is 1. The van der Waals surface area contributed by atoms with Crippen molar-refractivity contribution in [3.8, 4) is 0 Å². The highest BCUT2D eigenvalue weighted by Crippen LogP contribution is 2.46. The van der Waals surface area contributed by atoms with Crippen molar-refractivity contribution in [2.75, 3.05) is 19.6 Å². The number of likely N-dealkylation sites (tertiary alicyclic amines) is 1. The first-order valence-corrected chi connectivity index (χ1v) is 8.25. The number of nitrogens with zero attached hydrogens (tertiary/aromatic N) is 1. The van der Waals surface area contributed by atoms with Gasteiger partial charge < -0.3 is 4.74 Å². The number of hydrogen-bond acceptors (Lipinski definition) is 3. The van der Waals surface area contributed by atoms with Crippen molar-refractivity contribution < 1.29 is 9.53 Å². The molecule has 0 aromatic heterocycles. The van der Waals surface area contributed by atoms with Crippen LogP contribution in [-0.2, 0) is 21.4 Å². The zero-order valence-corrected chi connectivity index (χ0v) is 12.5. The molecule has 112 valence electrons. The fraction of sp³-hybridized carbons (Fsp3) is 0.611. The predicted octanol–water partition coefficient (Wildman–Crippen LogP) is 2.67. The summed E-state index contributed by atoms with van der Waals surface area (Å²) in [6.45, 7) is 3.22. The maximum absolute atomic E-state index is 11.2. The summed E-state index contributed by atoms with van der Waals surface area (Å²) in [7, 11) is 0. The molecule has 1 aromatic rings. The molecule has 0 N–H and O–H groups in total. The van der Waals surface area contributed by atoms with Gasteiger partial charge in [-0.15, -0.1) is 0 Å². The molecule has 0 saturated carbocycles. The topological polar surface area (TPSA) is 29.5 Å². The highest BCUT2D eigenvalue weighted by atomic mass is 16.5. The van der Waals surface area contributed by atoms with Crippen LogP contribution in [0, 0.1) is 0 Å². The maximum atomic E-state index is 11.2. The second-order valence-corrected chi connectivity index (χ2v) is 6.89. The van der Waals surface area contributed by atoms with Gasteiger partial charge in [0.25, 0.3) is 0 Å². The smallest absolute Gasteiger partial charge is 0.306 e. The van der Waals surface area contributed by atoms with Crippen molar-refractivity contribution in [3.05, 3.63) is 35.4 Å². The van der Waals surface area contributed by atoms with Crippen molar-refractivity contribution in [1.29, 1.82) is 0 Å². The molecule has 1 aliphatic carbocycles. The summed E-state index contributed by atoms with van der Waals surface area (Å²) in [5.41, 5.74) is 3.60. The van der Waals surface area contributed by atoms with Crippen molar-refractivity contribution in [1.82, 2.24) is 4.90 Å². The summed E-state index contributed by atoms with van der Waals surface area (Å²) in [4.78, 5) is 13.7. The van der Waals surface area contributed by atoms with E-state index in [1.54, 1.807) is 11.1 Å². The molecule has 4 rings (SSSR count). The Hall–Kier alpha value is -1.35. The molecule has 1 aromatic carbocycles. The van der Waals surface area contributed by atoms with Crippen LogP contribution in [0.1, 0.15) is 43.2 Å². The van der Waals surface area contributed by atoms with E-state index in [1.165, 1.54) is 25.7 Å².